The minimum Gasteiger partial charge on any atom is -0.321 e. The van der Waals surface area contributed by atoms with Gasteiger partial charge in [-0.3, -0.25) is 9.69 Å². The SMILES string of the molecule is O=C(Nc1cccc(N2CCCN(Cc3ccc(F)cc3)C2=O)c1)c1cccs1. The van der Waals surface area contributed by atoms with Crippen LogP contribution < -0.4 is 10.2 Å². The molecular formula is C22H20FN3O2S. The molecular weight excluding hydrogens is 389 g/mol. The predicted molar refractivity (Wildman–Crippen MR) is 113 cm³/mol. The van der Waals surface area contributed by atoms with E-state index in [1.54, 1.807) is 34.1 Å². The zero-order valence-electron chi connectivity index (χ0n) is 15.7. The third-order valence-corrected chi connectivity index (χ3v) is 5.63. The van der Waals surface area contributed by atoms with Gasteiger partial charge in [0.05, 0.1) is 4.88 Å². The van der Waals surface area contributed by atoms with Crippen LogP contribution in [0, 0.1) is 5.82 Å². The molecule has 1 fully saturated rings. The first-order valence-corrected chi connectivity index (χ1v) is 10.2. The summed E-state index contributed by atoms with van der Waals surface area (Å²) >= 11 is 1.38. The number of nitrogens with zero attached hydrogens (tertiary/aromatic N) is 2. The third-order valence-electron chi connectivity index (χ3n) is 4.76. The number of benzene rings is 2. The Balaban J connectivity index is 1.48. The molecule has 0 atom stereocenters. The van der Waals surface area contributed by atoms with Crippen LogP contribution in [0.3, 0.4) is 0 Å². The van der Waals surface area contributed by atoms with E-state index in [2.05, 4.69) is 5.32 Å². The maximum atomic E-state index is 13.1. The molecule has 1 aliphatic heterocycles. The molecule has 4 rings (SSSR count). The van der Waals surface area contributed by atoms with Crippen molar-refractivity contribution in [3.05, 3.63) is 82.3 Å². The molecule has 29 heavy (non-hydrogen) atoms. The monoisotopic (exact) mass is 409 g/mol. The quantitative estimate of drug-likeness (QED) is 0.647. The van der Waals surface area contributed by atoms with Gasteiger partial charge < -0.3 is 10.2 Å². The Labute approximate surface area is 172 Å². The highest BCUT2D eigenvalue weighted by Crippen LogP contribution is 2.25. The summed E-state index contributed by atoms with van der Waals surface area (Å²) in [7, 11) is 0. The van der Waals surface area contributed by atoms with Crippen molar-refractivity contribution in [2.75, 3.05) is 23.3 Å². The minimum atomic E-state index is -0.290. The maximum absolute atomic E-state index is 13.1. The number of thiophene rings is 1. The lowest BCUT2D eigenvalue weighted by Gasteiger charge is -2.36. The standard InChI is InChI=1S/C22H20FN3O2S/c23-17-9-7-16(8-10-17)15-25-11-3-12-26(22(25)28)19-5-1-4-18(14-19)24-21(27)20-6-2-13-29-20/h1-2,4-10,13-14H,3,11-12,15H2,(H,24,27). The van der Waals surface area contributed by atoms with Crippen LogP contribution >= 0.6 is 11.3 Å². The van der Waals surface area contributed by atoms with Crippen molar-refractivity contribution in [3.63, 3.8) is 0 Å². The van der Waals surface area contributed by atoms with E-state index in [0.717, 1.165) is 17.7 Å². The van der Waals surface area contributed by atoms with Gasteiger partial charge in [0.15, 0.2) is 0 Å². The van der Waals surface area contributed by atoms with Gasteiger partial charge in [0.2, 0.25) is 0 Å². The van der Waals surface area contributed by atoms with E-state index < -0.39 is 0 Å². The Hall–Kier alpha value is -3.19. The van der Waals surface area contributed by atoms with E-state index in [1.165, 1.54) is 23.5 Å². The molecule has 5 nitrogen and oxygen atoms in total. The normalized spacial score (nSPS) is 14.2. The summed E-state index contributed by atoms with van der Waals surface area (Å²) in [5.74, 6) is -0.457. The first-order chi connectivity index (χ1) is 14.1. The summed E-state index contributed by atoms with van der Waals surface area (Å²) in [6, 6.07) is 17.0. The Morgan fingerprint density at radius 2 is 1.90 bits per heavy atom. The summed E-state index contributed by atoms with van der Waals surface area (Å²) in [5.41, 5.74) is 2.27. The van der Waals surface area contributed by atoms with Crippen LogP contribution in [0.5, 0.6) is 0 Å². The van der Waals surface area contributed by atoms with Crippen LogP contribution in [0.4, 0.5) is 20.6 Å². The Morgan fingerprint density at radius 3 is 2.66 bits per heavy atom. The zero-order chi connectivity index (χ0) is 20.2. The molecule has 2 heterocycles. The lowest BCUT2D eigenvalue weighted by atomic mass is 10.1. The average Bonchev–Trinajstić information content (AvgIpc) is 3.26. The first kappa shape index (κ1) is 19.1. The van der Waals surface area contributed by atoms with Crippen LogP contribution in [-0.4, -0.2) is 29.9 Å². The smallest absolute Gasteiger partial charge is 0.321 e. The molecule has 2 aromatic carbocycles. The molecule has 1 aromatic heterocycles. The first-order valence-electron chi connectivity index (χ1n) is 9.36. The van der Waals surface area contributed by atoms with Gasteiger partial charge in [-0.15, -0.1) is 11.3 Å². The predicted octanol–water partition coefficient (Wildman–Crippen LogP) is 4.97. The molecule has 1 N–H and O–H groups in total. The summed E-state index contributed by atoms with van der Waals surface area (Å²) in [6.07, 6.45) is 0.832. The average molecular weight is 409 g/mol. The topological polar surface area (TPSA) is 52.7 Å². The Kier molecular flexibility index (Phi) is 5.57. The Bertz CT molecular complexity index is 1010. The number of hydrogen-bond acceptors (Lipinski definition) is 3. The van der Waals surface area contributed by atoms with Gasteiger partial charge in [-0.25, -0.2) is 9.18 Å². The number of anilines is 2. The number of rotatable bonds is 5. The molecule has 148 valence electrons. The number of urea groups is 1. The van der Waals surface area contributed by atoms with Gasteiger partial charge in [-0.2, -0.15) is 0 Å². The van der Waals surface area contributed by atoms with Crippen molar-refractivity contribution in [2.24, 2.45) is 0 Å². The van der Waals surface area contributed by atoms with E-state index in [1.807, 2.05) is 29.6 Å². The van der Waals surface area contributed by atoms with Gasteiger partial charge in [-0.1, -0.05) is 24.3 Å². The van der Waals surface area contributed by atoms with E-state index in [9.17, 15) is 14.0 Å². The molecule has 0 saturated carbocycles. The molecule has 3 amide bonds. The fourth-order valence-electron chi connectivity index (χ4n) is 3.33. The van der Waals surface area contributed by atoms with Gasteiger partial charge in [0.25, 0.3) is 5.91 Å². The van der Waals surface area contributed by atoms with Crippen molar-refractivity contribution in [2.45, 2.75) is 13.0 Å². The van der Waals surface area contributed by atoms with E-state index in [4.69, 9.17) is 0 Å². The molecule has 3 aromatic rings. The molecule has 1 saturated heterocycles. The van der Waals surface area contributed by atoms with Crippen LogP contribution in [0.15, 0.2) is 66.0 Å². The van der Waals surface area contributed by atoms with Gasteiger partial charge >= 0.3 is 6.03 Å². The van der Waals surface area contributed by atoms with Crippen LogP contribution in [0.1, 0.15) is 21.7 Å². The highest BCUT2D eigenvalue weighted by Gasteiger charge is 2.27. The summed E-state index contributed by atoms with van der Waals surface area (Å²) in [4.78, 5) is 29.4. The van der Waals surface area contributed by atoms with Crippen LogP contribution in [-0.2, 0) is 6.54 Å². The zero-order valence-corrected chi connectivity index (χ0v) is 16.5. The molecule has 0 bridgehead atoms. The van der Waals surface area contributed by atoms with E-state index >= 15 is 0 Å². The largest absolute Gasteiger partial charge is 0.324 e. The summed E-state index contributed by atoms with van der Waals surface area (Å²) in [6.45, 7) is 1.70. The number of hydrogen-bond donors (Lipinski definition) is 1. The lowest BCUT2D eigenvalue weighted by molar-refractivity contribution is 0.103. The highest BCUT2D eigenvalue weighted by molar-refractivity contribution is 7.12. The summed E-state index contributed by atoms with van der Waals surface area (Å²) in [5, 5.41) is 4.73. The molecule has 0 radical (unpaired) electrons. The van der Waals surface area contributed by atoms with E-state index in [0.29, 0.717) is 30.2 Å². The van der Waals surface area contributed by atoms with Crippen LogP contribution in [0.25, 0.3) is 0 Å². The fourth-order valence-corrected chi connectivity index (χ4v) is 3.95. The number of carbonyl (C=O) groups is 2. The van der Waals surface area contributed by atoms with Crippen LogP contribution in [0.2, 0.25) is 0 Å². The molecule has 0 aliphatic carbocycles. The van der Waals surface area contributed by atoms with Gasteiger partial charge in [0, 0.05) is 31.0 Å². The Morgan fingerprint density at radius 1 is 1.07 bits per heavy atom. The van der Waals surface area contributed by atoms with Crippen molar-refractivity contribution in [3.8, 4) is 0 Å². The summed E-state index contributed by atoms with van der Waals surface area (Å²) < 4.78 is 13.1. The second-order valence-electron chi connectivity index (χ2n) is 6.82. The van der Waals surface area contributed by atoms with E-state index in [-0.39, 0.29) is 17.8 Å². The molecule has 0 spiro atoms. The third kappa shape index (κ3) is 4.46. The molecule has 1 aliphatic rings. The number of halogens is 1. The fraction of sp³-hybridized carbons (Fsp3) is 0.182. The molecule has 0 unspecified atom stereocenters. The van der Waals surface area contributed by atoms with Crippen molar-refractivity contribution in [1.29, 1.82) is 0 Å². The lowest BCUT2D eigenvalue weighted by Crippen LogP contribution is -2.49. The number of amides is 3. The number of nitrogens with one attached hydrogen (secondary N) is 1. The van der Waals surface area contributed by atoms with Crippen molar-refractivity contribution >= 4 is 34.6 Å². The van der Waals surface area contributed by atoms with Gasteiger partial charge in [-0.05, 0) is 53.8 Å². The van der Waals surface area contributed by atoms with Crippen molar-refractivity contribution in [1.82, 2.24) is 4.90 Å². The highest BCUT2D eigenvalue weighted by atomic mass is 32.1. The van der Waals surface area contributed by atoms with Gasteiger partial charge in [0.1, 0.15) is 5.82 Å². The molecule has 7 heteroatoms. The minimum absolute atomic E-state index is 0.0951. The maximum Gasteiger partial charge on any atom is 0.324 e. The van der Waals surface area contributed by atoms with Crippen molar-refractivity contribution < 1.29 is 14.0 Å². The second-order valence-corrected chi connectivity index (χ2v) is 7.77. The number of carbonyl (C=O) groups excluding carboxylic acids is 2. The second kappa shape index (κ2) is 8.45.